The third kappa shape index (κ3) is 8.37. The highest BCUT2D eigenvalue weighted by molar-refractivity contribution is 5.94. The molecule has 0 saturated carbocycles. The summed E-state index contributed by atoms with van der Waals surface area (Å²) in [5.41, 5.74) is -0.0913. The highest BCUT2D eigenvalue weighted by Gasteiger charge is 2.26. The van der Waals surface area contributed by atoms with Gasteiger partial charge < -0.3 is 29.5 Å². The predicted octanol–water partition coefficient (Wildman–Crippen LogP) is 2.37. The number of hydrogen-bond acceptors (Lipinski definition) is 7. The van der Waals surface area contributed by atoms with Crippen molar-refractivity contribution in [2.45, 2.75) is 51.7 Å². The molecule has 1 atom stereocenters. The number of carbonyl (C=O) groups excluding carboxylic acids is 3. The summed E-state index contributed by atoms with van der Waals surface area (Å²) in [7, 11) is 1.17. The average molecular weight is 451 g/mol. The number of carbonyl (C=O) groups is 3. The maximum absolute atomic E-state index is 12.1. The zero-order valence-electron chi connectivity index (χ0n) is 19.3. The van der Waals surface area contributed by atoms with E-state index in [1.54, 1.807) is 29.2 Å². The molecule has 0 bridgehead atoms. The van der Waals surface area contributed by atoms with Gasteiger partial charge in [0.2, 0.25) is 0 Å². The number of esters is 1. The van der Waals surface area contributed by atoms with Crippen molar-refractivity contribution in [3.05, 3.63) is 29.8 Å². The molecule has 0 spiro atoms. The van der Waals surface area contributed by atoms with Gasteiger partial charge in [-0.25, -0.2) is 9.59 Å². The van der Waals surface area contributed by atoms with E-state index in [0.29, 0.717) is 36.9 Å². The first kappa shape index (κ1) is 25.5. The van der Waals surface area contributed by atoms with E-state index >= 15 is 0 Å². The number of piperidine rings is 1. The maximum Gasteiger partial charge on any atom is 0.410 e. The van der Waals surface area contributed by atoms with Gasteiger partial charge in [-0.1, -0.05) is 0 Å². The molecule has 0 radical (unpaired) electrons. The van der Waals surface area contributed by atoms with Gasteiger partial charge in [-0.2, -0.15) is 0 Å². The van der Waals surface area contributed by atoms with E-state index < -0.39 is 23.6 Å². The maximum atomic E-state index is 12.1. The van der Waals surface area contributed by atoms with Crippen LogP contribution in [0.3, 0.4) is 0 Å². The Bertz CT molecular complexity index is 766. The predicted molar refractivity (Wildman–Crippen MR) is 117 cm³/mol. The topological polar surface area (TPSA) is 114 Å². The lowest BCUT2D eigenvalue weighted by molar-refractivity contribution is -0.149. The first-order valence-corrected chi connectivity index (χ1v) is 10.8. The molecule has 2 rings (SSSR count). The average Bonchev–Trinajstić information content (AvgIpc) is 2.76. The molecule has 0 aromatic heterocycles. The fourth-order valence-electron chi connectivity index (χ4n) is 3.29. The van der Waals surface area contributed by atoms with Gasteiger partial charge in [0, 0.05) is 18.7 Å². The van der Waals surface area contributed by atoms with E-state index in [1.165, 1.54) is 7.11 Å². The van der Waals surface area contributed by atoms with Gasteiger partial charge in [-0.05, 0) is 70.2 Å². The first-order valence-electron chi connectivity index (χ1n) is 10.8. The number of ether oxygens (including phenoxy) is 3. The molecule has 1 aliphatic rings. The lowest BCUT2D eigenvalue weighted by Crippen LogP contribution is -2.41. The minimum atomic E-state index is -1.40. The van der Waals surface area contributed by atoms with Crippen molar-refractivity contribution in [3.63, 3.8) is 0 Å². The summed E-state index contributed by atoms with van der Waals surface area (Å²) in [6.45, 7) is 7.29. The van der Waals surface area contributed by atoms with Crippen molar-refractivity contribution in [2.24, 2.45) is 5.92 Å². The van der Waals surface area contributed by atoms with Crippen LogP contribution in [-0.4, -0.2) is 73.0 Å². The number of benzene rings is 1. The molecule has 178 valence electrons. The second-order valence-corrected chi connectivity index (χ2v) is 8.82. The van der Waals surface area contributed by atoms with Gasteiger partial charge in [0.15, 0.2) is 6.10 Å². The zero-order chi connectivity index (χ0) is 23.7. The molecular formula is C23H34N2O7. The van der Waals surface area contributed by atoms with Crippen LogP contribution < -0.4 is 10.1 Å². The van der Waals surface area contributed by atoms with Crippen molar-refractivity contribution in [2.75, 3.05) is 33.4 Å². The van der Waals surface area contributed by atoms with Gasteiger partial charge in [0.1, 0.15) is 11.4 Å². The molecular weight excluding hydrogens is 416 g/mol. The molecule has 1 fully saturated rings. The quantitative estimate of drug-likeness (QED) is 0.585. The number of likely N-dealkylation sites (tertiary alicyclic amines) is 1. The van der Waals surface area contributed by atoms with Crippen LogP contribution >= 0.6 is 0 Å². The number of rotatable bonds is 8. The standard InChI is InChI=1S/C23H34N2O7/c1-23(2,3)32-22(29)25-12-9-16(10-13-25)11-14-31-18-7-5-17(6-8-18)20(27)24-15-19(26)21(28)30-4/h5-8,16,19,26H,9-15H2,1-4H3,(H,24,27). The molecule has 32 heavy (non-hydrogen) atoms. The lowest BCUT2D eigenvalue weighted by atomic mass is 9.94. The monoisotopic (exact) mass is 450 g/mol. The van der Waals surface area contributed by atoms with Crippen molar-refractivity contribution in [1.82, 2.24) is 10.2 Å². The van der Waals surface area contributed by atoms with Crippen molar-refractivity contribution in [3.8, 4) is 5.75 Å². The smallest absolute Gasteiger partial charge is 0.410 e. The van der Waals surface area contributed by atoms with Gasteiger partial charge in [-0.3, -0.25) is 4.79 Å². The Labute approximate surface area is 189 Å². The highest BCUT2D eigenvalue weighted by Crippen LogP contribution is 2.23. The fourth-order valence-corrected chi connectivity index (χ4v) is 3.29. The number of nitrogens with zero attached hydrogens (tertiary/aromatic N) is 1. The third-order valence-electron chi connectivity index (χ3n) is 5.11. The number of amides is 2. The van der Waals surface area contributed by atoms with Gasteiger partial charge in [-0.15, -0.1) is 0 Å². The van der Waals surface area contributed by atoms with E-state index in [4.69, 9.17) is 9.47 Å². The van der Waals surface area contributed by atoms with E-state index in [0.717, 1.165) is 19.3 Å². The molecule has 9 heteroatoms. The van der Waals surface area contributed by atoms with Gasteiger partial charge in [0.25, 0.3) is 5.91 Å². The number of aliphatic hydroxyl groups excluding tert-OH is 1. The van der Waals surface area contributed by atoms with Gasteiger partial charge >= 0.3 is 12.1 Å². The Morgan fingerprint density at radius 2 is 1.78 bits per heavy atom. The van der Waals surface area contributed by atoms with Crippen LogP contribution in [0.2, 0.25) is 0 Å². The van der Waals surface area contributed by atoms with Crippen LogP contribution in [0, 0.1) is 5.92 Å². The lowest BCUT2D eigenvalue weighted by Gasteiger charge is -2.33. The summed E-state index contributed by atoms with van der Waals surface area (Å²) in [5.74, 6) is -0.0666. The summed E-state index contributed by atoms with van der Waals surface area (Å²) in [5, 5.41) is 12.0. The van der Waals surface area contributed by atoms with Crippen molar-refractivity contribution < 1.29 is 33.7 Å². The van der Waals surface area contributed by atoms with Crippen LogP contribution in [0.4, 0.5) is 4.79 Å². The molecule has 1 heterocycles. The number of methoxy groups -OCH3 is 1. The zero-order valence-corrected chi connectivity index (χ0v) is 19.3. The molecule has 1 aliphatic heterocycles. The van der Waals surface area contributed by atoms with Crippen molar-refractivity contribution in [1.29, 1.82) is 0 Å². The summed E-state index contributed by atoms with van der Waals surface area (Å²) in [6.07, 6.45) is 1.06. The molecule has 1 aromatic rings. The molecule has 2 N–H and O–H groups in total. The van der Waals surface area contributed by atoms with E-state index in [-0.39, 0.29) is 12.6 Å². The number of nitrogens with one attached hydrogen (secondary N) is 1. The largest absolute Gasteiger partial charge is 0.494 e. The Balaban J connectivity index is 1.68. The molecule has 1 aromatic carbocycles. The Morgan fingerprint density at radius 1 is 1.16 bits per heavy atom. The van der Waals surface area contributed by atoms with Crippen molar-refractivity contribution >= 4 is 18.0 Å². The minimum absolute atomic E-state index is 0.226. The molecule has 1 unspecified atom stereocenters. The molecule has 2 amide bonds. The van der Waals surface area contributed by atoms with Crippen LogP contribution in [0.1, 0.15) is 50.4 Å². The van der Waals surface area contributed by atoms with Crippen LogP contribution in [0.25, 0.3) is 0 Å². The Hall–Kier alpha value is -2.81. The second kappa shape index (κ2) is 11.7. The molecule has 0 aliphatic carbocycles. The molecule has 1 saturated heterocycles. The number of aliphatic hydroxyl groups is 1. The van der Waals surface area contributed by atoms with Gasteiger partial charge in [0.05, 0.1) is 20.3 Å². The second-order valence-electron chi connectivity index (χ2n) is 8.82. The fraction of sp³-hybridized carbons (Fsp3) is 0.609. The number of hydrogen-bond donors (Lipinski definition) is 2. The van der Waals surface area contributed by atoms with E-state index in [9.17, 15) is 19.5 Å². The summed E-state index contributed by atoms with van der Waals surface area (Å²) >= 11 is 0. The first-order chi connectivity index (χ1) is 15.1. The summed E-state index contributed by atoms with van der Waals surface area (Å²) < 4.78 is 15.6. The third-order valence-corrected chi connectivity index (χ3v) is 5.11. The molecule has 9 nitrogen and oxygen atoms in total. The van der Waals surface area contributed by atoms with Crippen LogP contribution in [-0.2, 0) is 14.3 Å². The normalized spacial score (nSPS) is 15.6. The Kier molecular flexibility index (Phi) is 9.31. The Morgan fingerprint density at radius 3 is 2.34 bits per heavy atom. The SMILES string of the molecule is COC(=O)C(O)CNC(=O)c1ccc(OCCC2CCN(C(=O)OC(C)(C)C)CC2)cc1. The summed E-state index contributed by atoms with van der Waals surface area (Å²) in [4.78, 5) is 37.1. The highest BCUT2D eigenvalue weighted by atomic mass is 16.6. The van der Waals surface area contributed by atoms with E-state index in [2.05, 4.69) is 10.1 Å². The van der Waals surface area contributed by atoms with Crippen LogP contribution in [0.15, 0.2) is 24.3 Å². The summed E-state index contributed by atoms with van der Waals surface area (Å²) in [6, 6.07) is 6.65. The van der Waals surface area contributed by atoms with E-state index in [1.807, 2.05) is 20.8 Å². The van der Waals surface area contributed by atoms with Crippen LogP contribution in [0.5, 0.6) is 5.75 Å². The minimum Gasteiger partial charge on any atom is -0.494 e.